The van der Waals surface area contributed by atoms with Gasteiger partial charge in [-0.25, -0.2) is 0 Å². The van der Waals surface area contributed by atoms with E-state index in [2.05, 4.69) is 4.98 Å². The molecule has 0 saturated carbocycles. The van der Waals surface area contributed by atoms with Crippen molar-refractivity contribution in [1.82, 2.24) is 9.55 Å². The van der Waals surface area contributed by atoms with E-state index in [-0.39, 0.29) is 17.0 Å². The Balaban J connectivity index is 2.08. The third-order valence-corrected chi connectivity index (χ3v) is 3.94. The smallest absolute Gasteiger partial charge is 0.269 e. The molecule has 2 N–H and O–H groups in total. The van der Waals surface area contributed by atoms with Gasteiger partial charge in [0, 0.05) is 34.8 Å². The van der Waals surface area contributed by atoms with Crippen LogP contribution in [0.3, 0.4) is 0 Å². The van der Waals surface area contributed by atoms with Gasteiger partial charge in [-0.3, -0.25) is 19.5 Å². The molecular formula is C17H11N3O4. The van der Waals surface area contributed by atoms with Crippen molar-refractivity contribution in [3.8, 4) is 11.4 Å². The van der Waals surface area contributed by atoms with Gasteiger partial charge in [-0.05, 0) is 36.4 Å². The zero-order valence-corrected chi connectivity index (χ0v) is 12.3. The number of H-pyrrole nitrogens is 1. The third kappa shape index (κ3) is 2.03. The van der Waals surface area contributed by atoms with Crippen LogP contribution in [0.4, 0.5) is 5.69 Å². The van der Waals surface area contributed by atoms with Crippen molar-refractivity contribution in [3.63, 3.8) is 0 Å². The van der Waals surface area contributed by atoms with Crippen molar-refractivity contribution in [1.29, 1.82) is 0 Å². The highest BCUT2D eigenvalue weighted by atomic mass is 16.6. The van der Waals surface area contributed by atoms with Crippen molar-refractivity contribution >= 4 is 27.6 Å². The van der Waals surface area contributed by atoms with Crippen LogP contribution in [-0.2, 0) is 0 Å². The summed E-state index contributed by atoms with van der Waals surface area (Å²) >= 11 is 0. The van der Waals surface area contributed by atoms with Crippen molar-refractivity contribution in [3.05, 3.63) is 75.1 Å². The molecular weight excluding hydrogens is 310 g/mol. The van der Waals surface area contributed by atoms with E-state index in [1.165, 1.54) is 34.9 Å². The summed E-state index contributed by atoms with van der Waals surface area (Å²) in [4.78, 5) is 25.9. The molecule has 0 spiro atoms. The van der Waals surface area contributed by atoms with Crippen LogP contribution in [0.2, 0.25) is 0 Å². The molecule has 24 heavy (non-hydrogen) atoms. The van der Waals surface area contributed by atoms with Crippen molar-refractivity contribution in [2.75, 3.05) is 0 Å². The molecule has 2 aromatic heterocycles. The number of rotatable bonds is 2. The highest BCUT2D eigenvalue weighted by molar-refractivity contribution is 6.06. The molecule has 0 radical (unpaired) electrons. The number of nitrogens with one attached hydrogen (secondary N) is 1. The van der Waals surface area contributed by atoms with Gasteiger partial charge < -0.3 is 10.1 Å². The minimum atomic E-state index is -0.489. The SMILES string of the molecule is O=c1ccc2[nH]c3ccc(O)cc3c2n1-c1ccc([N+](=O)[O-])cc1. The van der Waals surface area contributed by atoms with Gasteiger partial charge in [0.05, 0.1) is 16.0 Å². The lowest BCUT2D eigenvalue weighted by molar-refractivity contribution is -0.384. The first-order valence-corrected chi connectivity index (χ1v) is 7.16. The van der Waals surface area contributed by atoms with E-state index in [1.54, 1.807) is 24.3 Å². The number of nitro groups is 1. The van der Waals surface area contributed by atoms with Crippen LogP contribution in [0.1, 0.15) is 0 Å². The minimum absolute atomic E-state index is 0.0458. The Bertz CT molecular complexity index is 1160. The Morgan fingerprint density at radius 1 is 1.00 bits per heavy atom. The minimum Gasteiger partial charge on any atom is -0.508 e. The molecule has 2 aromatic carbocycles. The maximum Gasteiger partial charge on any atom is 0.269 e. The van der Waals surface area contributed by atoms with Gasteiger partial charge in [0.2, 0.25) is 0 Å². The molecule has 118 valence electrons. The molecule has 0 aliphatic rings. The number of nitrogens with zero attached hydrogens (tertiary/aromatic N) is 2. The van der Waals surface area contributed by atoms with E-state index < -0.39 is 4.92 Å². The molecule has 0 unspecified atom stereocenters. The maximum absolute atomic E-state index is 12.4. The quantitative estimate of drug-likeness (QED) is 0.437. The fourth-order valence-corrected chi connectivity index (χ4v) is 2.87. The van der Waals surface area contributed by atoms with E-state index in [4.69, 9.17) is 0 Å². The summed E-state index contributed by atoms with van der Waals surface area (Å²) in [6.45, 7) is 0. The van der Waals surface area contributed by atoms with E-state index >= 15 is 0 Å². The van der Waals surface area contributed by atoms with E-state index in [1.807, 2.05) is 0 Å². The van der Waals surface area contributed by atoms with Gasteiger partial charge in [0.1, 0.15) is 5.75 Å². The first-order chi connectivity index (χ1) is 11.5. The number of nitro benzene ring substituents is 1. The number of phenolic OH excluding ortho intramolecular Hbond substituents is 1. The van der Waals surface area contributed by atoms with Crippen molar-refractivity contribution < 1.29 is 10.0 Å². The van der Waals surface area contributed by atoms with Gasteiger partial charge in [-0.15, -0.1) is 0 Å². The lowest BCUT2D eigenvalue weighted by Gasteiger charge is -2.08. The molecule has 0 fully saturated rings. The van der Waals surface area contributed by atoms with E-state index in [0.717, 1.165) is 11.0 Å². The Kier molecular flexibility index (Phi) is 2.89. The standard InChI is InChI=1S/C17H11N3O4/c21-12-5-6-14-13(9-12)17-15(18-14)7-8-16(22)19(17)10-1-3-11(4-2-10)20(23)24/h1-9,18,21H. The summed E-state index contributed by atoms with van der Waals surface area (Å²) in [6, 6.07) is 13.7. The monoisotopic (exact) mass is 321 g/mol. The number of aromatic nitrogens is 2. The second-order valence-electron chi connectivity index (χ2n) is 5.40. The van der Waals surface area contributed by atoms with Gasteiger partial charge in [0.15, 0.2) is 0 Å². The zero-order valence-electron chi connectivity index (χ0n) is 12.3. The fraction of sp³-hybridized carbons (Fsp3) is 0. The van der Waals surface area contributed by atoms with Crippen LogP contribution in [0.25, 0.3) is 27.6 Å². The summed E-state index contributed by atoms with van der Waals surface area (Å²) in [7, 11) is 0. The van der Waals surface area contributed by atoms with Gasteiger partial charge >= 0.3 is 0 Å². The number of non-ortho nitro benzene ring substituents is 1. The Morgan fingerprint density at radius 2 is 1.71 bits per heavy atom. The van der Waals surface area contributed by atoms with E-state index in [0.29, 0.717) is 16.6 Å². The summed E-state index contributed by atoms with van der Waals surface area (Å²) in [5.41, 5.74) is 2.33. The highest BCUT2D eigenvalue weighted by Crippen LogP contribution is 2.29. The number of pyridine rings is 1. The number of aromatic hydroxyl groups is 1. The van der Waals surface area contributed by atoms with Crippen LogP contribution >= 0.6 is 0 Å². The molecule has 4 rings (SSSR count). The first-order valence-electron chi connectivity index (χ1n) is 7.16. The molecule has 2 heterocycles. The van der Waals surface area contributed by atoms with Crippen LogP contribution < -0.4 is 5.56 Å². The van der Waals surface area contributed by atoms with Gasteiger partial charge in [-0.1, -0.05) is 0 Å². The number of hydrogen-bond acceptors (Lipinski definition) is 4. The molecule has 0 amide bonds. The van der Waals surface area contributed by atoms with Crippen LogP contribution in [0.5, 0.6) is 5.75 Å². The predicted octanol–water partition coefficient (Wildman–Crippen LogP) is 3.09. The second-order valence-corrected chi connectivity index (χ2v) is 5.40. The lowest BCUT2D eigenvalue weighted by atomic mass is 10.2. The van der Waals surface area contributed by atoms with Crippen molar-refractivity contribution in [2.45, 2.75) is 0 Å². The molecule has 7 nitrogen and oxygen atoms in total. The number of aromatic amines is 1. The number of benzene rings is 2. The summed E-state index contributed by atoms with van der Waals surface area (Å²) in [6.07, 6.45) is 0. The largest absolute Gasteiger partial charge is 0.508 e. The number of fused-ring (bicyclic) bond motifs is 3. The van der Waals surface area contributed by atoms with Gasteiger partial charge in [-0.2, -0.15) is 0 Å². The Hall–Kier alpha value is -3.61. The molecule has 0 aliphatic carbocycles. The summed E-state index contributed by atoms with van der Waals surface area (Å²) in [5.74, 6) is 0.0925. The predicted molar refractivity (Wildman–Crippen MR) is 89.7 cm³/mol. The third-order valence-electron chi connectivity index (χ3n) is 3.94. The average Bonchev–Trinajstić information content (AvgIpc) is 2.93. The molecule has 0 aliphatic heterocycles. The maximum atomic E-state index is 12.4. The number of phenols is 1. The average molecular weight is 321 g/mol. The zero-order chi connectivity index (χ0) is 16.8. The first kappa shape index (κ1) is 14.0. The second kappa shape index (κ2) is 4.95. The molecule has 0 saturated heterocycles. The highest BCUT2D eigenvalue weighted by Gasteiger charge is 2.13. The van der Waals surface area contributed by atoms with Crippen LogP contribution in [0, 0.1) is 10.1 Å². The molecule has 0 atom stereocenters. The molecule has 7 heteroatoms. The number of hydrogen-bond donors (Lipinski definition) is 2. The normalized spacial score (nSPS) is 11.2. The van der Waals surface area contributed by atoms with Crippen LogP contribution in [-0.4, -0.2) is 19.6 Å². The Morgan fingerprint density at radius 3 is 2.42 bits per heavy atom. The van der Waals surface area contributed by atoms with Crippen LogP contribution in [0.15, 0.2) is 59.4 Å². The molecule has 0 bridgehead atoms. The van der Waals surface area contributed by atoms with Crippen molar-refractivity contribution in [2.24, 2.45) is 0 Å². The summed E-state index contributed by atoms with van der Waals surface area (Å²) in [5, 5.41) is 21.3. The van der Waals surface area contributed by atoms with E-state index in [9.17, 15) is 20.0 Å². The lowest BCUT2D eigenvalue weighted by Crippen LogP contribution is -2.16. The topological polar surface area (TPSA) is 101 Å². The molecule has 4 aromatic rings. The summed E-state index contributed by atoms with van der Waals surface area (Å²) < 4.78 is 1.47. The Labute approximate surface area is 134 Å². The van der Waals surface area contributed by atoms with Gasteiger partial charge in [0.25, 0.3) is 11.2 Å². The fourth-order valence-electron chi connectivity index (χ4n) is 2.87.